The summed E-state index contributed by atoms with van der Waals surface area (Å²) in [6.07, 6.45) is 2.40. The van der Waals surface area contributed by atoms with Gasteiger partial charge in [-0.1, -0.05) is 43.3 Å². The number of ether oxygens (including phenoxy) is 1. The summed E-state index contributed by atoms with van der Waals surface area (Å²) in [5.74, 6) is 0. The predicted molar refractivity (Wildman–Crippen MR) is 86.1 cm³/mol. The Balaban J connectivity index is 2.24. The molecule has 0 aliphatic heterocycles. The number of hydrogen-bond donors (Lipinski definition) is 1. The van der Waals surface area contributed by atoms with Gasteiger partial charge in [-0.25, -0.2) is 0 Å². The number of nitrogens with one attached hydrogen (secondary N) is 1. The summed E-state index contributed by atoms with van der Waals surface area (Å²) >= 11 is 0. The molecule has 2 unspecified atom stereocenters. The third-order valence-electron chi connectivity index (χ3n) is 3.79. The van der Waals surface area contributed by atoms with Crippen molar-refractivity contribution in [1.29, 1.82) is 0 Å². The van der Waals surface area contributed by atoms with Crippen LogP contribution in [0.3, 0.4) is 0 Å². The molecule has 0 aromatic heterocycles. The van der Waals surface area contributed by atoms with Gasteiger partial charge in [-0.05, 0) is 48.7 Å². The Hall–Kier alpha value is -1.38. The van der Waals surface area contributed by atoms with Gasteiger partial charge in [0.15, 0.2) is 0 Å². The Bertz CT molecular complexity index is 538. The van der Waals surface area contributed by atoms with Crippen molar-refractivity contribution in [3.05, 3.63) is 48.0 Å². The highest BCUT2D eigenvalue weighted by atomic mass is 16.5. The van der Waals surface area contributed by atoms with Crippen molar-refractivity contribution in [2.45, 2.75) is 38.8 Å². The zero-order valence-electron chi connectivity index (χ0n) is 12.7. The topological polar surface area (TPSA) is 21.3 Å². The molecule has 0 aliphatic rings. The first-order chi connectivity index (χ1) is 9.74. The normalized spacial score (nSPS) is 14.3. The first-order valence-electron chi connectivity index (χ1n) is 7.49. The van der Waals surface area contributed by atoms with Gasteiger partial charge in [-0.15, -0.1) is 0 Å². The van der Waals surface area contributed by atoms with E-state index in [4.69, 9.17) is 4.74 Å². The average Bonchev–Trinajstić information content (AvgIpc) is 2.50. The maximum atomic E-state index is 5.43. The van der Waals surface area contributed by atoms with Crippen LogP contribution < -0.4 is 5.32 Å². The second-order valence-corrected chi connectivity index (χ2v) is 5.40. The lowest BCUT2D eigenvalue weighted by Gasteiger charge is -2.22. The molecule has 0 radical (unpaired) electrons. The molecule has 2 heteroatoms. The smallest absolute Gasteiger partial charge is 0.0561 e. The van der Waals surface area contributed by atoms with E-state index >= 15 is 0 Å². The van der Waals surface area contributed by atoms with Crippen LogP contribution in [0.4, 0.5) is 0 Å². The van der Waals surface area contributed by atoms with Crippen molar-refractivity contribution in [2.24, 2.45) is 0 Å². The van der Waals surface area contributed by atoms with E-state index in [0.717, 1.165) is 19.4 Å². The van der Waals surface area contributed by atoms with Crippen molar-refractivity contribution in [1.82, 2.24) is 5.32 Å². The van der Waals surface area contributed by atoms with Crippen LogP contribution in [0.2, 0.25) is 0 Å². The number of hydrogen-bond acceptors (Lipinski definition) is 2. The first-order valence-corrected chi connectivity index (χ1v) is 7.49. The molecule has 2 rings (SSSR count). The summed E-state index contributed by atoms with van der Waals surface area (Å²) < 4.78 is 5.43. The summed E-state index contributed by atoms with van der Waals surface area (Å²) in [7, 11) is 1.78. The summed E-state index contributed by atoms with van der Waals surface area (Å²) in [6.45, 7) is 5.36. The van der Waals surface area contributed by atoms with Crippen molar-refractivity contribution >= 4 is 10.8 Å². The molecule has 2 atom stereocenters. The van der Waals surface area contributed by atoms with Gasteiger partial charge in [0.05, 0.1) is 6.10 Å². The minimum atomic E-state index is 0.260. The first kappa shape index (κ1) is 15.0. The van der Waals surface area contributed by atoms with E-state index < -0.39 is 0 Å². The standard InChI is InChI=1S/C18H25NO/c1-4-11-19-18(12-14(2)20-3)17-10-9-15-7-5-6-8-16(15)13-17/h5-10,13-14,18-19H,4,11-12H2,1-3H3. The zero-order chi connectivity index (χ0) is 14.4. The molecular weight excluding hydrogens is 246 g/mol. The van der Waals surface area contributed by atoms with Crippen LogP contribution >= 0.6 is 0 Å². The maximum Gasteiger partial charge on any atom is 0.0561 e. The molecule has 2 aromatic rings. The minimum Gasteiger partial charge on any atom is -0.382 e. The van der Waals surface area contributed by atoms with E-state index in [1.807, 2.05) is 0 Å². The van der Waals surface area contributed by atoms with Crippen molar-refractivity contribution < 1.29 is 4.74 Å². The van der Waals surface area contributed by atoms with Crippen molar-refractivity contribution in [2.75, 3.05) is 13.7 Å². The highest BCUT2D eigenvalue weighted by Gasteiger charge is 2.14. The van der Waals surface area contributed by atoms with E-state index in [1.165, 1.54) is 16.3 Å². The van der Waals surface area contributed by atoms with Crippen LogP contribution in [0.1, 0.15) is 38.3 Å². The van der Waals surface area contributed by atoms with Gasteiger partial charge in [-0.3, -0.25) is 0 Å². The number of rotatable bonds is 7. The lowest BCUT2D eigenvalue weighted by Crippen LogP contribution is -2.26. The predicted octanol–water partition coefficient (Wildman–Crippen LogP) is 4.31. The van der Waals surface area contributed by atoms with Crippen LogP contribution in [0.15, 0.2) is 42.5 Å². The zero-order valence-corrected chi connectivity index (χ0v) is 12.7. The number of methoxy groups -OCH3 is 1. The molecule has 0 fully saturated rings. The van der Waals surface area contributed by atoms with Gasteiger partial charge in [0.1, 0.15) is 0 Å². The molecule has 20 heavy (non-hydrogen) atoms. The van der Waals surface area contributed by atoms with Crippen LogP contribution in [0, 0.1) is 0 Å². The molecule has 0 amide bonds. The van der Waals surface area contributed by atoms with Crippen molar-refractivity contribution in [3.63, 3.8) is 0 Å². The summed E-state index contributed by atoms with van der Waals surface area (Å²) in [6, 6.07) is 15.6. The Kier molecular flexibility index (Phi) is 5.57. The monoisotopic (exact) mass is 271 g/mol. The molecule has 1 N–H and O–H groups in total. The van der Waals surface area contributed by atoms with Gasteiger partial charge in [0.25, 0.3) is 0 Å². The Morgan fingerprint density at radius 2 is 1.85 bits per heavy atom. The molecule has 0 bridgehead atoms. The molecule has 0 heterocycles. The summed E-state index contributed by atoms with van der Waals surface area (Å²) in [5.41, 5.74) is 1.35. The van der Waals surface area contributed by atoms with Gasteiger partial charge in [0.2, 0.25) is 0 Å². The highest BCUT2D eigenvalue weighted by Crippen LogP contribution is 2.24. The Labute approximate surface area is 122 Å². The molecule has 0 saturated heterocycles. The second kappa shape index (κ2) is 7.41. The van der Waals surface area contributed by atoms with E-state index in [9.17, 15) is 0 Å². The maximum absolute atomic E-state index is 5.43. The van der Waals surface area contributed by atoms with E-state index in [-0.39, 0.29) is 6.10 Å². The number of benzene rings is 2. The molecule has 0 spiro atoms. The molecule has 2 aromatic carbocycles. The molecular formula is C18H25NO. The molecule has 0 saturated carbocycles. The fraction of sp³-hybridized carbons (Fsp3) is 0.444. The van der Waals surface area contributed by atoms with E-state index in [1.54, 1.807) is 7.11 Å². The largest absolute Gasteiger partial charge is 0.382 e. The average molecular weight is 271 g/mol. The van der Waals surface area contributed by atoms with Crippen molar-refractivity contribution in [3.8, 4) is 0 Å². The molecule has 2 nitrogen and oxygen atoms in total. The third-order valence-corrected chi connectivity index (χ3v) is 3.79. The quantitative estimate of drug-likeness (QED) is 0.810. The van der Waals surface area contributed by atoms with Gasteiger partial charge < -0.3 is 10.1 Å². The lowest BCUT2D eigenvalue weighted by molar-refractivity contribution is 0.100. The van der Waals surface area contributed by atoms with E-state index in [2.05, 4.69) is 61.6 Å². The SMILES string of the molecule is CCCNC(CC(C)OC)c1ccc2ccccc2c1. The van der Waals surface area contributed by atoms with Gasteiger partial charge >= 0.3 is 0 Å². The van der Waals surface area contributed by atoms with E-state index in [0.29, 0.717) is 6.04 Å². The fourth-order valence-corrected chi connectivity index (χ4v) is 2.51. The Morgan fingerprint density at radius 1 is 1.10 bits per heavy atom. The lowest BCUT2D eigenvalue weighted by atomic mass is 9.98. The number of fused-ring (bicyclic) bond motifs is 1. The van der Waals surface area contributed by atoms with Crippen LogP contribution in [-0.4, -0.2) is 19.8 Å². The van der Waals surface area contributed by atoms with Crippen LogP contribution in [0.5, 0.6) is 0 Å². The van der Waals surface area contributed by atoms with Crippen LogP contribution in [0.25, 0.3) is 10.8 Å². The molecule has 0 aliphatic carbocycles. The van der Waals surface area contributed by atoms with Crippen LogP contribution in [-0.2, 0) is 4.74 Å². The minimum absolute atomic E-state index is 0.260. The molecule has 108 valence electrons. The fourth-order valence-electron chi connectivity index (χ4n) is 2.51. The van der Waals surface area contributed by atoms with Gasteiger partial charge in [0, 0.05) is 13.2 Å². The summed E-state index contributed by atoms with van der Waals surface area (Å²) in [5, 5.41) is 6.24. The summed E-state index contributed by atoms with van der Waals surface area (Å²) in [4.78, 5) is 0. The highest BCUT2D eigenvalue weighted by molar-refractivity contribution is 5.83. The Morgan fingerprint density at radius 3 is 2.55 bits per heavy atom. The second-order valence-electron chi connectivity index (χ2n) is 5.40. The third kappa shape index (κ3) is 3.81. The van der Waals surface area contributed by atoms with Gasteiger partial charge in [-0.2, -0.15) is 0 Å².